The van der Waals surface area contributed by atoms with Gasteiger partial charge in [0, 0.05) is 6.54 Å². The molecule has 1 aliphatic rings. The molecule has 1 aromatic heterocycles. The Kier molecular flexibility index (Phi) is 12.9. The van der Waals surface area contributed by atoms with E-state index in [1.165, 1.54) is 31.2 Å². The third kappa shape index (κ3) is 10.0. The number of hydrogen-bond donors (Lipinski definition) is 1. The van der Waals surface area contributed by atoms with E-state index in [1.807, 2.05) is 13.8 Å². The van der Waals surface area contributed by atoms with Crippen LogP contribution in [0.25, 0.3) is 0 Å². The van der Waals surface area contributed by atoms with Crippen LogP contribution in [0.1, 0.15) is 86.7 Å². The van der Waals surface area contributed by atoms with E-state index in [-0.39, 0.29) is 44.8 Å². The molecule has 18 heteroatoms. The zero-order valence-electron chi connectivity index (χ0n) is 27.0. The maximum atomic E-state index is 13.9. The number of nitrogens with one attached hydrogen (secondary N) is 1. The summed E-state index contributed by atoms with van der Waals surface area (Å²) in [6.45, 7) is 5.27. The number of aromatic amines is 1. The van der Waals surface area contributed by atoms with E-state index in [9.17, 15) is 40.1 Å². The zero-order chi connectivity index (χ0) is 36.0. The van der Waals surface area contributed by atoms with Gasteiger partial charge in [0.15, 0.2) is 6.29 Å². The number of H-pyrrole nitrogens is 1. The molecular formula is C31H38F7N4O6P. The summed E-state index contributed by atoms with van der Waals surface area (Å²) >= 11 is 0. The second-order valence-electron chi connectivity index (χ2n) is 11.4. The van der Waals surface area contributed by atoms with Gasteiger partial charge in [-0.05, 0) is 61.2 Å². The first kappa shape index (κ1) is 38.7. The van der Waals surface area contributed by atoms with Crippen molar-refractivity contribution in [3.8, 4) is 0 Å². The number of aromatic nitrogens is 3. The van der Waals surface area contributed by atoms with Crippen molar-refractivity contribution >= 4 is 7.75 Å². The molecule has 272 valence electrons. The van der Waals surface area contributed by atoms with Crippen molar-refractivity contribution in [2.24, 2.45) is 0 Å². The highest BCUT2D eigenvalue weighted by Gasteiger charge is 2.40. The van der Waals surface area contributed by atoms with Crippen molar-refractivity contribution in [2.45, 2.75) is 83.8 Å². The molecule has 2 heterocycles. The minimum absolute atomic E-state index is 0.00480. The third-order valence-electron chi connectivity index (χ3n) is 7.68. The van der Waals surface area contributed by atoms with Crippen LogP contribution in [-0.2, 0) is 42.0 Å². The Morgan fingerprint density at radius 2 is 1.55 bits per heavy atom. The molecule has 3 aromatic rings. The van der Waals surface area contributed by atoms with E-state index in [2.05, 4.69) is 10.1 Å². The molecule has 1 saturated heterocycles. The number of unbranched alkanes of at least 4 members (excludes halogenated alkanes) is 2. The van der Waals surface area contributed by atoms with Crippen LogP contribution in [0.3, 0.4) is 0 Å². The molecular weight excluding hydrogens is 688 g/mol. The predicted molar refractivity (Wildman–Crippen MR) is 163 cm³/mol. The molecule has 0 saturated carbocycles. The summed E-state index contributed by atoms with van der Waals surface area (Å²) < 4.78 is 132. The topological polar surface area (TPSA) is 108 Å². The normalized spacial score (nSPS) is 18.6. The van der Waals surface area contributed by atoms with Crippen molar-refractivity contribution in [3.63, 3.8) is 0 Å². The number of hydrogen-bond acceptors (Lipinski definition) is 8. The standard InChI is InChI=1S/C31H38F7N4O6P/c1-4-6-13-46-49(44,47-14-7-5-2)42-29(43)39-26(40-42)19-41-12-15-45-28(27(41)21-8-10-25(32)11-9-21)48-20(3)22-16-23(30(33,34)35)18-24(17-22)31(36,37)38/h8-11,16-18,20,27-28H,4-7,12-15,19H2,1-3H3,(H,39,40,43)/t20-,27+,28-/m1/s1. The Labute approximate surface area is 278 Å². The van der Waals surface area contributed by atoms with E-state index < -0.39 is 66.7 Å². The highest BCUT2D eigenvalue weighted by molar-refractivity contribution is 7.52. The Morgan fingerprint density at radius 3 is 2.08 bits per heavy atom. The van der Waals surface area contributed by atoms with E-state index in [4.69, 9.17) is 18.5 Å². The highest BCUT2D eigenvalue weighted by atomic mass is 31.2. The van der Waals surface area contributed by atoms with Crippen LogP contribution in [0.5, 0.6) is 0 Å². The Balaban J connectivity index is 1.66. The number of rotatable bonds is 15. The van der Waals surface area contributed by atoms with Crippen LogP contribution >= 0.6 is 7.75 Å². The van der Waals surface area contributed by atoms with E-state index in [1.54, 1.807) is 4.90 Å². The van der Waals surface area contributed by atoms with Crippen LogP contribution < -0.4 is 5.69 Å². The predicted octanol–water partition coefficient (Wildman–Crippen LogP) is 8.02. The fourth-order valence-electron chi connectivity index (χ4n) is 5.08. The summed E-state index contributed by atoms with van der Waals surface area (Å²) in [6, 6.07) is 5.45. The maximum Gasteiger partial charge on any atom is 0.459 e. The molecule has 1 N–H and O–H groups in total. The van der Waals surface area contributed by atoms with Crippen molar-refractivity contribution in [1.82, 2.24) is 19.4 Å². The number of halogens is 7. The number of nitrogens with zero attached hydrogens (tertiary/aromatic N) is 3. The minimum Gasteiger partial charge on any atom is -0.349 e. The first-order valence-corrected chi connectivity index (χ1v) is 17.2. The molecule has 0 radical (unpaired) electrons. The fraction of sp³-hybridized carbons (Fsp3) is 0.548. The monoisotopic (exact) mass is 726 g/mol. The second-order valence-corrected chi connectivity index (χ2v) is 13.3. The summed E-state index contributed by atoms with van der Waals surface area (Å²) in [4.78, 5) is 17.3. The second kappa shape index (κ2) is 16.3. The van der Waals surface area contributed by atoms with Gasteiger partial charge in [0.25, 0.3) is 0 Å². The maximum absolute atomic E-state index is 13.9. The van der Waals surface area contributed by atoms with Gasteiger partial charge in [-0.2, -0.15) is 26.3 Å². The highest BCUT2D eigenvalue weighted by Crippen LogP contribution is 2.48. The summed E-state index contributed by atoms with van der Waals surface area (Å²) in [5, 5.41) is 4.21. The summed E-state index contributed by atoms with van der Waals surface area (Å²) in [5.74, 6) is -0.525. The Morgan fingerprint density at radius 1 is 0.980 bits per heavy atom. The van der Waals surface area contributed by atoms with E-state index >= 15 is 0 Å². The molecule has 0 amide bonds. The molecule has 10 nitrogen and oxygen atoms in total. The van der Waals surface area contributed by atoms with Gasteiger partial charge in [-0.3, -0.25) is 18.9 Å². The summed E-state index contributed by atoms with van der Waals surface area (Å²) in [5.41, 5.74) is -3.82. The zero-order valence-corrected chi connectivity index (χ0v) is 27.9. The number of ether oxygens (including phenoxy) is 2. The van der Waals surface area contributed by atoms with Crippen LogP contribution in [0, 0.1) is 5.82 Å². The minimum atomic E-state index is -5.06. The lowest BCUT2D eigenvalue weighted by molar-refractivity contribution is -0.231. The van der Waals surface area contributed by atoms with E-state index in [0.29, 0.717) is 35.0 Å². The van der Waals surface area contributed by atoms with E-state index in [0.717, 1.165) is 12.8 Å². The lowest BCUT2D eigenvalue weighted by Gasteiger charge is -2.41. The molecule has 1 fully saturated rings. The molecule has 49 heavy (non-hydrogen) atoms. The van der Waals surface area contributed by atoms with Gasteiger partial charge in [-0.15, -0.1) is 9.55 Å². The van der Waals surface area contributed by atoms with Crippen molar-refractivity contribution in [1.29, 1.82) is 0 Å². The van der Waals surface area contributed by atoms with Crippen molar-refractivity contribution in [2.75, 3.05) is 26.4 Å². The Hall–Kier alpha value is -3.08. The molecule has 0 unspecified atom stereocenters. The quantitative estimate of drug-likeness (QED) is 0.0954. The Bertz CT molecular complexity index is 1580. The molecule has 3 atom stereocenters. The number of alkyl halides is 6. The molecule has 0 aliphatic carbocycles. The average Bonchev–Trinajstić information content (AvgIpc) is 3.41. The fourth-order valence-corrected chi connectivity index (χ4v) is 6.59. The van der Waals surface area contributed by atoms with Gasteiger partial charge in [0.1, 0.15) is 11.6 Å². The molecule has 2 aromatic carbocycles. The SMILES string of the molecule is CCCCOP(=O)(OCCCC)n1nc(CN2CCO[C@H](O[C@H](C)c3cc(C(F)(F)F)cc(C(F)(F)F)c3)[C@@H]2c2ccc(F)cc2)[nH]c1=O. The van der Waals surface area contributed by atoms with Crippen LogP contribution in [-0.4, -0.2) is 52.1 Å². The number of morpholine rings is 1. The van der Waals surface area contributed by atoms with Gasteiger partial charge in [-0.1, -0.05) is 38.8 Å². The average molecular weight is 727 g/mol. The van der Waals surface area contributed by atoms with Crippen LogP contribution in [0.15, 0.2) is 47.3 Å². The van der Waals surface area contributed by atoms with Crippen LogP contribution in [0.2, 0.25) is 0 Å². The van der Waals surface area contributed by atoms with Crippen molar-refractivity contribution < 1.29 is 53.8 Å². The van der Waals surface area contributed by atoms with Gasteiger partial charge in [0.05, 0.1) is 49.6 Å². The molecule has 0 spiro atoms. The smallest absolute Gasteiger partial charge is 0.349 e. The number of benzene rings is 2. The van der Waals surface area contributed by atoms with Gasteiger partial charge in [-0.25, -0.2) is 13.8 Å². The van der Waals surface area contributed by atoms with Gasteiger partial charge < -0.3 is 9.47 Å². The first-order valence-electron chi connectivity index (χ1n) is 15.7. The van der Waals surface area contributed by atoms with Crippen molar-refractivity contribution in [3.05, 3.63) is 86.8 Å². The lowest BCUT2D eigenvalue weighted by atomic mass is 10.0. The molecule has 1 aliphatic heterocycles. The lowest BCUT2D eigenvalue weighted by Crippen LogP contribution is -2.46. The van der Waals surface area contributed by atoms with Gasteiger partial charge in [0.2, 0.25) is 0 Å². The largest absolute Gasteiger partial charge is 0.459 e. The first-order chi connectivity index (χ1) is 23.1. The van der Waals surface area contributed by atoms with Crippen LogP contribution in [0.4, 0.5) is 30.7 Å². The molecule has 4 rings (SSSR count). The van der Waals surface area contributed by atoms with Gasteiger partial charge >= 0.3 is 25.8 Å². The summed E-state index contributed by atoms with van der Waals surface area (Å²) in [6.07, 6.45) is -10.2. The summed E-state index contributed by atoms with van der Waals surface area (Å²) in [7, 11) is -4.19. The molecule has 0 bridgehead atoms. The third-order valence-corrected chi connectivity index (χ3v) is 9.43.